The van der Waals surface area contributed by atoms with Crippen LogP contribution in [0, 0.1) is 0 Å². The van der Waals surface area contributed by atoms with Crippen molar-refractivity contribution in [3.05, 3.63) is 246 Å². The Balaban J connectivity index is 1.07. The second kappa shape index (κ2) is 13.5. The summed E-state index contributed by atoms with van der Waals surface area (Å²) in [5.41, 5.74) is 16.2. The Morgan fingerprint density at radius 1 is 0.393 bits per heavy atom. The summed E-state index contributed by atoms with van der Waals surface area (Å²) in [7, 11) is 0. The van der Waals surface area contributed by atoms with Crippen molar-refractivity contribution >= 4 is 39.0 Å². The molecule has 290 valence electrons. The third-order valence-electron chi connectivity index (χ3n) is 13.2. The van der Waals surface area contributed by atoms with E-state index in [1.165, 1.54) is 33.4 Å². The number of hydrogen-bond donors (Lipinski definition) is 0. The van der Waals surface area contributed by atoms with Crippen LogP contribution in [0.3, 0.4) is 0 Å². The van der Waals surface area contributed by atoms with Gasteiger partial charge in [-0.3, -0.25) is 0 Å². The number of fused-ring (bicyclic) bond motifs is 8. The summed E-state index contributed by atoms with van der Waals surface area (Å²) in [6, 6.07) is 76.5. The Labute approximate surface area is 355 Å². The highest BCUT2D eigenvalue weighted by atomic mass is 16.5. The fourth-order valence-corrected chi connectivity index (χ4v) is 10.4. The van der Waals surface area contributed by atoms with E-state index in [1.807, 2.05) is 6.07 Å². The van der Waals surface area contributed by atoms with Gasteiger partial charge in [0.1, 0.15) is 22.7 Å². The molecule has 0 saturated heterocycles. The van der Waals surface area contributed by atoms with Gasteiger partial charge < -0.3 is 14.1 Å². The molecule has 1 aliphatic heterocycles. The van der Waals surface area contributed by atoms with Crippen molar-refractivity contribution in [2.24, 2.45) is 0 Å². The highest BCUT2D eigenvalue weighted by Crippen LogP contribution is 2.57. The molecule has 3 heteroatoms. The van der Waals surface area contributed by atoms with Crippen LogP contribution in [0.4, 0.5) is 17.1 Å². The smallest absolute Gasteiger partial charge is 0.140 e. The third-order valence-corrected chi connectivity index (χ3v) is 13.2. The largest absolute Gasteiger partial charge is 0.457 e. The molecule has 1 aromatic heterocycles. The topological polar surface area (TPSA) is 25.6 Å². The molecule has 10 aromatic rings. The van der Waals surface area contributed by atoms with E-state index < -0.39 is 5.41 Å². The lowest BCUT2D eigenvalue weighted by molar-refractivity contribution is 0.434. The monoisotopic (exact) mass is 783 g/mol. The highest BCUT2D eigenvalue weighted by molar-refractivity contribution is 6.06. The minimum atomic E-state index is -0.761. The summed E-state index contributed by atoms with van der Waals surface area (Å²) >= 11 is 0. The van der Waals surface area contributed by atoms with Crippen LogP contribution in [-0.4, -0.2) is 0 Å². The molecule has 0 amide bonds. The first kappa shape index (κ1) is 35.3. The van der Waals surface area contributed by atoms with Gasteiger partial charge in [0.2, 0.25) is 0 Å². The van der Waals surface area contributed by atoms with Gasteiger partial charge in [-0.1, -0.05) is 172 Å². The van der Waals surface area contributed by atoms with E-state index in [4.69, 9.17) is 9.15 Å². The molecule has 1 aliphatic carbocycles. The second-order valence-electron chi connectivity index (χ2n) is 16.8. The number of hydrogen-bond acceptors (Lipinski definition) is 3. The van der Waals surface area contributed by atoms with Crippen LogP contribution in [0.15, 0.2) is 217 Å². The summed E-state index contributed by atoms with van der Waals surface area (Å²) in [6.45, 7) is 4.70. The molecule has 9 aromatic carbocycles. The summed E-state index contributed by atoms with van der Waals surface area (Å²) in [5, 5.41) is 2.20. The van der Waals surface area contributed by atoms with Crippen LogP contribution >= 0.6 is 0 Å². The lowest BCUT2D eigenvalue weighted by Crippen LogP contribution is -2.34. The number of benzene rings is 9. The maximum atomic E-state index is 6.86. The zero-order valence-electron chi connectivity index (χ0n) is 34.0. The number of rotatable bonds is 6. The number of anilines is 3. The average molecular weight is 784 g/mol. The summed E-state index contributed by atoms with van der Waals surface area (Å²) in [6.07, 6.45) is 0. The van der Waals surface area contributed by atoms with E-state index in [0.29, 0.717) is 0 Å². The quantitative estimate of drug-likeness (QED) is 0.168. The van der Waals surface area contributed by atoms with Gasteiger partial charge in [-0.15, -0.1) is 0 Å². The van der Waals surface area contributed by atoms with E-state index in [0.717, 1.165) is 72.8 Å². The number of para-hydroxylation sites is 4. The summed E-state index contributed by atoms with van der Waals surface area (Å²) in [4.78, 5) is 2.40. The Morgan fingerprint density at radius 3 is 1.67 bits per heavy atom. The van der Waals surface area contributed by atoms with Crippen molar-refractivity contribution < 1.29 is 9.15 Å². The molecule has 0 fully saturated rings. The first-order valence-electron chi connectivity index (χ1n) is 21.1. The molecule has 2 aliphatic rings. The Morgan fingerprint density at radius 2 is 0.934 bits per heavy atom. The van der Waals surface area contributed by atoms with Gasteiger partial charge in [0.25, 0.3) is 0 Å². The molecule has 61 heavy (non-hydrogen) atoms. The molecule has 0 N–H and O–H groups in total. The maximum Gasteiger partial charge on any atom is 0.140 e. The third kappa shape index (κ3) is 5.23. The van der Waals surface area contributed by atoms with Gasteiger partial charge in [0, 0.05) is 49.9 Å². The van der Waals surface area contributed by atoms with Gasteiger partial charge in [-0.05, 0) is 93.5 Å². The van der Waals surface area contributed by atoms with Crippen molar-refractivity contribution in [3.8, 4) is 33.8 Å². The molecule has 0 atom stereocenters. The first-order chi connectivity index (χ1) is 30.0. The number of nitrogens with zero attached hydrogens (tertiary/aromatic N) is 1. The molecule has 0 spiro atoms. The fourth-order valence-electron chi connectivity index (χ4n) is 10.4. The molecule has 3 nitrogen and oxygen atoms in total. The molecular weight excluding hydrogens is 743 g/mol. The number of furan rings is 1. The van der Waals surface area contributed by atoms with Crippen molar-refractivity contribution in [1.29, 1.82) is 0 Å². The highest BCUT2D eigenvalue weighted by Gasteiger charge is 2.47. The van der Waals surface area contributed by atoms with E-state index >= 15 is 0 Å². The van der Waals surface area contributed by atoms with Crippen LogP contribution in [-0.2, 0) is 10.8 Å². The maximum absolute atomic E-state index is 6.86. The molecular formula is C58H41NO2. The van der Waals surface area contributed by atoms with Gasteiger partial charge in [-0.25, -0.2) is 0 Å². The van der Waals surface area contributed by atoms with E-state index in [9.17, 15) is 0 Å². The van der Waals surface area contributed by atoms with Crippen LogP contribution < -0.4 is 9.64 Å². The van der Waals surface area contributed by atoms with Crippen molar-refractivity contribution in [2.45, 2.75) is 24.7 Å². The number of ether oxygens (including phenoxy) is 1. The van der Waals surface area contributed by atoms with Crippen molar-refractivity contribution in [3.63, 3.8) is 0 Å². The minimum Gasteiger partial charge on any atom is -0.457 e. The van der Waals surface area contributed by atoms with Crippen LogP contribution in [0.5, 0.6) is 11.5 Å². The fraction of sp³-hybridized carbons (Fsp3) is 0.0690. The minimum absolute atomic E-state index is 0.136. The normalized spacial score (nSPS) is 14.1. The molecule has 0 saturated carbocycles. The molecule has 0 unspecified atom stereocenters. The van der Waals surface area contributed by atoms with Crippen molar-refractivity contribution in [1.82, 2.24) is 0 Å². The van der Waals surface area contributed by atoms with E-state index in [1.54, 1.807) is 0 Å². The molecule has 0 bridgehead atoms. The molecule has 12 rings (SSSR count). The van der Waals surface area contributed by atoms with Gasteiger partial charge >= 0.3 is 0 Å². The predicted octanol–water partition coefficient (Wildman–Crippen LogP) is 15.5. The van der Waals surface area contributed by atoms with Gasteiger partial charge in [0.15, 0.2) is 0 Å². The second-order valence-corrected chi connectivity index (χ2v) is 16.8. The SMILES string of the molecule is CC1(C)c2ccccc2-c2ccc(N(c3ccc(-c4ccccc4)cc3)c3ccc(C4(c5cccc6c5oc5ccccc56)c5ccccc5Oc5ccccc54)cc3)cc21. The standard InChI is InChI=1S/C58H41NO2/c1-57(2)48-20-8-6-17-44(48)45-36-35-43(37-52(45)57)59(41-31-27-39(28-32-41)38-15-4-3-5-16-38)42-33-29-40(30-34-42)58(49-21-9-12-25-54(49)60-55-26-13-10-22-50(55)58)51-23-14-19-47-46-18-7-11-24-53(46)61-56(47)51/h3-37H,1-2H3. The first-order valence-corrected chi connectivity index (χ1v) is 21.1. The lowest BCUT2D eigenvalue weighted by atomic mass is 9.63. The average Bonchev–Trinajstić information content (AvgIpc) is 3.81. The molecule has 2 heterocycles. The van der Waals surface area contributed by atoms with E-state index in [2.05, 4.69) is 225 Å². The van der Waals surface area contributed by atoms with Crippen LogP contribution in [0.2, 0.25) is 0 Å². The molecule has 0 radical (unpaired) electrons. The summed E-state index contributed by atoms with van der Waals surface area (Å²) in [5.74, 6) is 1.67. The van der Waals surface area contributed by atoms with Crippen molar-refractivity contribution in [2.75, 3.05) is 4.90 Å². The Bertz CT molecular complexity index is 3260. The predicted molar refractivity (Wildman–Crippen MR) is 250 cm³/mol. The zero-order valence-corrected chi connectivity index (χ0v) is 34.0. The Kier molecular flexibility index (Phi) is 7.79. The van der Waals surface area contributed by atoms with Gasteiger partial charge in [-0.2, -0.15) is 0 Å². The Hall–Kier alpha value is -7.62. The van der Waals surface area contributed by atoms with Crippen LogP contribution in [0.1, 0.15) is 47.2 Å². The lowest BCUT2D eigenvalue weighted by Gasteiger charge is -2.41. The van der Waals surface area contributed by atoms with Gasteiger partial charge in [0.05, 0.1) is 5.41 Å². The zero-order chi connectivity index (χ0) is 40.7. The van der Waals surface area contributed by atoms with E-state index in [-0.39, 0.29) is 5.41 Å². The summed E-state index contributed by atoms with van der Waals surface area (Å²) < 4.78 is 13.6. The van der Waals surface area contributed by atoms with Crippen LogP contribution in [0.25, 0.3) is 44.2 Å².